The minimum atomic E-state index is -0.986. The zero-order valence-electron chi connectivity index (χ0n) is 13.5. The normalized spacial score (nSPS) is 22.3. The minimum absolute atomic E-state index is 0.0700. The van der Waals surface area contributed by atoms with Gasteiger partial charge in [0.05, 0.1) is 5.69 Å². The number of ether oxygens (including phenoxy) is 2. The maximum atomic E-state index is 13.2. The highest BCUT2D eigenvalue weighted by Gasteiger charge is 2.57. The average Bonchev–Trinajstić information content (AvgIpc) is 3.29. The number of carbonyl (C=O) groups excluding carboxylic acids is 2. The highest BCUT2D eigenvalue weighted by atomic mass is 35.5. The van der Waals surface area contributed by atoms with Crippen molar-refractivity contribution in [3.8, 4) is 11.5 Å². The Morgan fingerprint density at radius 2 is 2.04 bits per heavy atom. The van der Waals surface area contributed by atoms with Gasteiger partial charge in [-0.15, -0.1) is 0 Å². The van der Waals surface area contributed by atoms with Gasteiger partial charge in [0.25, 0.3) is 5.91 Å². The molecule has 8 heteroatoms. The third kappa shape index (κ3) is 2.20. The summed E-state index contributed by atoms with van der Waals surface area (Å²) in [4.78, 5) is 27.2. The van der Waals surface area contributed by atoms with Crippen LogP contribution in [0.4, 0.5) is 11.4 Å². The molecule has 0 radical (unpaired) electrons. The van der Waals surface area contributed by atoms with E-state index in [1.165, 1.54) is 11.8 Å². The second-order valence-corrected chi connectivity index (χ2v) is 8.01. The Labute approximate surface area is 158 Å². The Hall–Kier alpha value is -2.38. The number of amides is 2. The molecule has 1 unspecified atom stereocenters. The molecule has 6 nitrogen and oxygen atoms in total. The van der Waals surface area contributed by atoms with Gasteiger partial charge >= 0.3 is 0 Å². The van der Waals surface area contributed by atoms with Crippen LogP contribution in [0.3, 0.4) is 0 Å². The number of hydrogen-bond donors (Lipinski definition) is 1. The van der Waals surface area contributed by atoms with Crippen molar-refractivity contribution in [1.82, 2.24) is 0 Å². The summed E-state index contributed by atoms with van der Waals surface area (Å²) >= 11 is 7.49. The molecule has 1 N–H and O–H groups in total. The highest BCUT2D eigenvalue weighted by Crippen LogP contribution is 2.56. The molecule has 2 amide bonds. The summed E-state index contributed by atoms with van der Waals surface area (Å²) in [6, 6.07) is 10.6. The van der Waals surface area contributed by atoms with E-state index in [2.05, 4.69) is 5.32 Å². The van der Waals surface area contributed by atoms with Crippen molar-refractivity contribution in [2.75, 3.05) is 17.0 Å². The van der Waals surface area contributed by atoms with E-state index in [-0.39, 0.29) is 18.6 Å². The Morgan fingerprint density at radius 1 is 1.19 bits per heavy atom. The summed E-state index contributed by atoms with van der Waals surface area (Å²) in [5, 5.41) is 3.46. The minimum Gasteiger partial charge on any atom is -0.454 e. The van der Waals surface area contributed by atoms with Gasteiger partial charge in [-0.2, -0.15) is 0 Å². The van der Waals surface area contributed by atoms with E-state index < -0.39 is 4.87 Å². The van der Waals surface area contributed by atoms with Gasteiger partial charge in [0.1, 0.15) is 0 Å². The lowest BCUT2D eigenvalue weighted by Gasteiger charge is -2.29. The predicted octanol–water partition coefficient (Wildman–Crippen LogP) is 3.64. The van der Waals surface area contributed by atoms with Crippen LogP contribution in [0.2, 0.25) is 5.02 Å². The second-order valence-electron chi connectivity index (χ2n) is 6.25. The number of nitrogens with one attached hydrogen (secondary N) is 1. The first-order chi connectivity index (χ1) is 12.6. The standard InChI is InChI=1S/C18H13ClN2O4S/c19-10-1-4-15-12(7-10)21-16(22)5-6-18(21,26-15)17(23)20-11-2-3-13-14(8-11)25-9-24-13/h1-4,7-8H,5-6,9H2,(H,20,23). The van der Waals surface area contributed by atoms with Crippen LogP contribution in [0.1, 0.15) is 12.8 Å². The smallest absolute Gasteiger partial charge is 0.261 e. The van der Waals surface area contributed by atoms with Crippen molar-refractivity contribution in [3.05, 3.63) is 41.4 Å². The summed E-state index contributed by atoms with van der Waals surface area (Å²) in [5.74, 6) is 0.934. The number of anilines is 2. The second kappa shape index (κ2) is 5.56. The molecule has 1 saturated heterocycles. The molecule has 132 valence electrons. The van der Waals surface area contributed by atoms with Crippen LogP contribution in [0.15, 0.2) is 41.3 Å². The summed E-state index contributed by atoms with van der Waals surface area (Å²) in [6.07, 6.45) is 0.771. The molecular formula is C18H13ClN2O4S. The fourth-order valence-electron chi connectivity index (χ4n) is 3.52. The van der Waals surface area contributed by atoms with E-state index in [0.29, 0.717) is 40.7 Å². The molecule has 1 atom stereocenters. The van der Waals surface area contributed by atoms with Crippen LogP contribution in [0, 0.1) is 0 Å². The van der Waals surface area contributed by atoms with E-state index in [0.717, 1.165) is 4.90 Å². The van der Waals surface area contributed by atoms with Gasteiger partial charge in [-0.3, -0.25) is 14.5 Å². The third-order valence-corrected chi connectivity index (χ3v) is 6.42. The van der Waals surface area contributed by atoms with Crippen molar-refractivity contribution >= 4 is 46.6 Å². The Bertz CT molecular complexity index is 966. The predicted molar refractivity (Wildman–Crippen MR) is 98.0 cm³/mol. The number of hydrogen-bond acceptors (Lipinski definition) is 5. The Morgan fingerprint density at radius 3 is 2.92 bits per heavy atom. The van der Waals surface area contributed by atoms with E-state index >= 15 is 0 Å². The number of halogens is 1. The fraction of sp³-hybridized carbons (Fsp3) is 0.222. The molecule has 5 rings (SSSR count). The zero-order valence-corrected chi connectivity index (χ0v) is 15.0. The molecule has 0 aliphatic carbocycles. The molecule has 3 aliphatic rings. The maximum absolute atomic E-state index is 13.2. The monoisotopic (exact) mass is 388 g/mol. The molecular weight excluding hydrogens is 376 g/mol. The summed E-state index contributed by atoms with van der Waals surface area (Å²) in [6.45, 7) is 0.171. The van der Waals surface area contributed by atoms with Crippen LogP contribution in [-0.4, -0.2) is 23.5 Å². The van der Waals surface area contributed by atoms with Gasteiger partial charge in [-0.25, -0.2) is 0 Å². The molecule has 0 spiro atoms. The average molecular weight is 389 g/mol. The first kappa shape index (κ1) is 15.8. The van der Waals surface area contributed by atoms with Crippen molar-refractivity contribution in [1.29, 1.82) is 0 Å². The molecule has 2 aromatic rings. The molecule has 26 heavy (non-hydrogen) atoms. The number of rotatable bonds is 2. The van der Waals surface area contributed by atoms with Crippen LogP contribution in [0.25, 0.3) is 0 Å². The molecule has 2 aromatic carbocycles. The third-order valence-electron chi connectivity index (χ3n) is 4.71. The molecule has 3 aliphatic heterocycles. The van der Waals surface area contributed by atoms with Gasteiger partial charge < -0.3 is 14.8 Å². The van der Waals surface area contributed by atoms with Gasteiger partial charge in [-0.1, -0.05) is 23.4 Å². The van der Waals surface area contributed by atoms with Gasteiger partial charge in [0.15, 0.2) is 16.4 Å². The van der Waals surface area contributed by atoms with Crippen molar-refractivity contribution < 1.29 is 19.1 Å². The molecule has 0 bridgehead atoms. The van der Waals surface area contributed by atoms with Gasteiger partial charge in [0.2, 0.25) is 12.7 Å². The van der Waals surface area contributed by atoms with Crippen LogP contribution in [-0.2, 0) is 9.59 Å². The van der Waals surface area contributed by atoms with Crippen molar-refractivity contribution in [2.24, 2.45) is 0 Å². The topological polar surface area (TPSA) is 67.9 Å². The maximum Gasteiger partial charge on any atom is 0.261 e. The van der Waals surface area contributed by atoms with Crippen molar-refractivity contribution in [2.45, 2.75) is 22.6 Å². The number of nitrogens with zero attached hydrogens (tertiary/aromatic N) is 1. The fourth-order valence-corrected chi connectivity index (χ4v) is 5.09. The van der Waals surface area contributed by atoms with E-state index in [4.69, 9.17) is 21.1 Å². The summed E-state index contributed by atoms with van der Waals surface area (Å²) < 4.78 is 10.6. The lowest BCUT2D eigenvalue weighted by molar-refractivity contribution is -0.121. The van der Waals surface area contributed by atoms with Gasteiger partial charge in [0, 0.05) is 28.1 Å². The van der Waals surface area contributed by atoms with E-state index in [9.17, 15) is 9.59 Å². The first-order valence-corrected chi connectivity index (χ1v) is 9.29. The van der Waals surface area contributed by atoms with Crippen LogP contribution < -0.4 is 19.7 Å². The molecule has 3 heterocycles. The highest BCUT2D eigenvalue weighted by molar-refractivity contribution is 8.02. The number of thioether (sulfide) groups is 1. The molecule has 0 aromatic heterocycles. The van der Waals surface area contributed by atoms with Crippen LogP contribution >= 0.6 is 23.4 Å². The van der Waals surface area contributed by atoms with E-state index in [1.807, 2.05) is 6.07 Å². The van der Waals surface area contributed by atoms with E-state index in [1.54, 1.807) is 35.2 Å². The quantitative estimate of drug-likeness (QED) is 0.850. The van der Waals surface area contributed by atoms with Crippen LogP contribution in [0.5, 0.6) is 11.5 Å². The largest absolute Gasteiger partial charge is 0.454 e. The Kier molecular flexibility index (Phi) is 3.39. The number of fused-ring (bicyclic) bond motifs is 4. The van der Waals surface area contributed by atoms with Crippen molar-refractivity contribution in [3.63, 3.8) is 0 Å². The summed E-state index contributed by atoms with van der Waals surface area (Å²) in [5.41, 5.74) is 1.30. The molecule has 0 saturated carbocycles. The lowest BCUT2D eigenvalue weighted by Crippen LogP contribution is -2.49. The number of benzene rings is 2. The van der Waals surface area contributed by atoms with Gasteiger partial charge in [-0.05, 0) is 36.8 Å². The summed E-state index contributed by atoms with van der Waals surface area (Å²) in [7, 11) is 0. The first-order valence-electron chi connectivity index (χ1n) is 8.10. The SMILES string of the molecule is O=C1CCC2(C(=O)Nc3ccc4c(c3)OCO4)Sc3ccc(Cl)cc3N12. The molecule has 1 fully saturated rings. The Balaban J connectivity index is 1.48. The lowest BCUT2D eigenvalue weighted by atomic mass is 10.1. The number of carbonyl (C=O) groups is 2. The zero-order chi connectivity index (χ0) is 17.9.